The number of hydrogen-bond donors (Lipinski definition) is 2. The lowest BCUT2D eigenvalue weighted by Gasteiger charge is -2.26. The summed E-state index contributed by atoms with van der Waals surface area (Å²) in [7, 11) is -3.63. The fourth-order valence-electron chi connectivity index (χ4n) is 3.68. The SMILES string of the molecule is CC(C(=O)Nc1ccc(NC(=O)c2cccc(S(=O)(=O)N3CCCCC3)c2)cc1)n1cncn1. The van der Waals surface area contributed by atoms with Gasteiger partial charge in [0.05, 0.1) is 4.90 Å². The molecule has 1 aliphatic rings. The molecular formula is C23H26N6O4S. The summed E-state index contributed by atoms with van der Waals surface area (Å²) in [6, 6.07) is 12.2. The molecule has 0 radical (unpaired) electrons. The highest BCUT2D eigenvalue weighted by Crippen LogP contribution is 2.22. The molecule has 2 aromatic carbocycles. The molecule has 0 bridgehead atoms. The minimum Gasteiger partial charge on any atom is -0.324 e. The van der Waals surface area contributed by atoms with Crippen LogP contribution >= 0.6 is 0 Å². The van der Waals surface area contributed by atoms with E-state index in [-0.39, 0.29) is 16.4 Å². The van der Waals surface area contributed by atoms with Crippen LogP contribution in [0.3, 0.4) is 0 Å². The molecular weight excluding hydrogens is 456 g/mol. The molecule has 1 aromatic heterocycles. The van der Waals surface area contributed by atoms with Gasteiger partial charge in [-0.1, -0.05) is 12.5 Å². The van der Waals surface area contributed by atoms with Crippen molar-refractivity contribution >= 4 is 33.2 Å². The first-order valence-electron chi connectivity index (χ1n) is 11.0. The molecule has 2 N–H and O–H groups in total. The number of carbonyl (C=O) groups excluding carboxylic acids is 2. The fraction of sp³-hybridized carbons (Fsp3) is 0.304. The topological polar surface area (TPSA) is 126 Å². The minimum absolute atomic E-state index is 0.113. The molecule has 1 aliphatic heterocycles. The van der Waals surface area contributed by atoms with E-state index in [9.17, 15) is 18.0 Å². The van der Waals surface area contributed by atoms with E-state index < -0.39 is 22.0 Å². The maximum Gasteiger partial charge on any atom is 0.255 e. The second kappa shape index (κ2) is 10.1. The number of benzene rings is 2. The second-order valence-electron chi connectivity index (χ2n) is 8.06. The van der Waals surface area contributed by atoms with Crippen LogP contribution in [0.4, 0.5) is 11.4 Å². The van der Waals surface area contributed by atoms with Gasteiger partial charge in [0.15, 0.2) is 0 Å². The van der Waals surface area contributed by atoms with Crippen molar-refractivity contribution in [2.24, 2.45) is 0 Å². The van der Waals surface area contributed by atoms with Crippen molar-refractivity contribution in [3.05, 3.63) is 66.7 Å². The lowest BCUT2D eigenvalue weighted by Crippen LogP contribution is -2.35. The Bertz CT molecular complexity index is 1250. The molecule has 1 atom stereocenters. The molecule has 2 heterocycles. The van der Waals surface area contributed by atoms with E-state index in [0.717, 1.165) is 19.3 Å². The molecule has 1 fully saturated rings. The number of aromatic nitrogens is 3. The molecule has 1 saturated heterocycles. The zero-order chi connectivity index (χ0) is 24.1. The van der Waals surface area contributed by atoms with Gasteiger partial charge < -0.3 is 10.6 Å². The number of rotatable bonds is 7. The van der Waals surface area contributed by atoms with Crippen LogP contribution in [0.1, 0.15) is 42.6 Å². The molecule has 0 aliphatic carbocycles. The highest BCUT2D eigenvalue weighted by molar-refractivity contribution is 7.89. The highest BCUT2D eigenvalue weighted by atomic mass is 32.2. The van der Waals surface area contributed by atoms with E-state index >= 15 is 0 Å². The third-order valence-electron chi connectivity index (χ3n) is 5.67. The predicted octanol–water partition coefficient (Wildman–Crippen LogP) is 2.90. The van der Waals surface area contributed by atoms with E-state index in [1.165, 1.54) is 33.8 Å². The molecule has 2 amide bonds. The van der Waals surface area contributed by atoms with E-state index in [1.54, 1.807) is 43.3 Å². The smallest absolute Gasteiger partial charge is 0.255 e. The van der Waals surface area contributed by atoms with Crippen LogP contribution in [0, 0.1) is 0 Å². The van der Waals surface area contributed by atoms with Crippen molar-refractivity contribution in [3.63, 3.8) is 0 Å². The summed E-state index contributed by atoms with van der Waals surface area (Å²) in [6.45, 7) is 2.71. The summed E-state index contributed by atoms with van der Waals surface area (Å²) in [5.41, 5.74) is 1.32. The Morgan fingerprint density at radius 3 is 2.29 bits per heavy atom. The zero-order valence-corrected chi connectivity index (χ0v) is 19.5. The Morgan fingerprint density at radius 2 is 1.65 bits per heavy atom. The molecule has 10 nitrogen and oxygen atoms in total. The highest BCUT2D eigenvalue weighted by Gasteiger charge is 2.26. The van der Waals surface area contributed by atoms with Crippen LogP contribution in [-0.2, 0) is 14.8 Å². The lowest BCUT2D eigenvalue weighted by atomic mass is 10.2. The standard InChI is InChI=1S/C23H26N6O4S/c1-17(29-16-24-15-25-29)22(30)26-19-8-10-20(11-9-19)27-23(31)18-6-5-7-21(14-18)34(32,33)28-12-3-2-4-13-28/h5-11,14-17H,2-4,12-13H2,1H3,(H,26,30)(H,27,31). The fourth-order valence-corrected chi connectivity index (χ4v) is 5.24. The van der Waals surface area contributed by atoms with Crippen molar-refractivity contribution in [1.29, 1.82) is 0 Å². The largest absolute Gasteiger partial charge is 0.324 e. The predicted molar refractivity (Wildman–Crippen MR) is 127 cm³/mol. The number of amides is 2. The molecule has 1 unspecified atom stereocenters. The van der Waals surface area contributed by atoms with E-state index in [4.69, 9.17) is 0 Å². The number of nitrogens with one attached hydrogen (secondary N) is 2. The molecule has 3 aromatic rings. The van der Waals surface area contributed by atoms with Crippen molar-refractivity contribution in [2.45, 2.75) is 37.1 Å². The summed E-state index contributed by atoms with van der Waals surface area (Å²) in [6.07, 6.45) is 5.54. The average molecular weight is 483 g/mol. The van der Waals surface area contributed by atoms with Gasteiger partial charge in [-0.3, -0.25) is 9.59 Å². The molecule has 178 valence electrons. The number of carbonyl (C=O) groups is 2. The van der Waals surface area contributed by atoms with Gasteiger partial charge in [-0.15, -0.1) is 0 Å². The number of nitrogens with zero attached hydrogens (tertiary/aromatic N) is 4. The summed E-state index contributed by atoms with van der Waals surface area (Å²) in [5.74, 6) is -0.679. The molecule has 34 heavy (non-hydrogen) atoms. The Labute approximate surface area is 198 Å². The summed E-state index contributed by atoms with van der Waals surface area (Å²) < 4.78 is 28.8. The van der Waals surface area contributed by atoms with Crippen molar-refractivity contribution in [2.75, 3.05) is 23.7 Å². The molecule has 0 spiro atoms. The van der Waals surface area contributed by atoms with E-state index in [2.05, 4.69) is 20.7 Å². The Balaban J connectivity index is 1.40. The third kappa shape index (κ3) is 5.32. The van der Waals surface area contributed by atoms with Gasteiger partial charge in [0, 0.05) is 30.0 Å². The van der Waals surface area contributed by atoms with Crippen LogP contribution in [0.15, 0.2) is 66.1 Å². The Kier molecular flexibility index (Phi) is 7.03. The minimum atomic E-state index is -3.63. The van der Waals surface area contributed by atoms with Crippen molar-refractivity contribution in [1.82, 2.24) is 19.1 Å². The van der Waals surface area contributed by atoms with Gasteiger partial charge in [0.1, 0.15) is 18.7 Å². The van der Waals surface area contributed by atoms with Crippen LogP contribution in [0.25, 0.3) is 0 Å². The van der Waals surface area contributed by atoms with Gasteiger partial charge >= 0.3 is 0 Å². The molecule has 0 saturated carbocycles. The van der Waals surface area contributed by atoms with Gasteiger partial charge in [-0.25, -0.2) is 18.1 Å². The first-order chi connectivity index (χ1) is 16.3. The molecule has 4 rings (SSSR count). The number of sulfonamides is 1. The second-order valence-corrected chi connectivity index (χ2v) is 10.0. The maximum atomic E-state index is 12.9. The maximum absolute atomic E-state index is 12.9. The number of piperidine rings is 1. The van der Waals surface area contributed by atoms with Crippen LogP contribution in [0.2, 0.25) is 0 Å². The first-order valence-corrected chi connectivity index (χ1v) is 12.5. The van der Waals surface area contributed by atoms with Gasteiger partial charge in [0.25, 0.3) is 5.91 Å². The van der Waals surface area contributed by atoms with Crippen LogP contribution in [-0.4, -0.2) is 52.4 Å². The summed E-state index contributed by atoms with van der Waals surface area (Å²) in [5, 5.41) is 9.50. The van der Waals surface area contributed by atoms with Crippen molar-refractivity contribution < 1.29 is 18.0 Å². The molecule has 11 heteroatoms. The van der Waals surface area contributed by atoms with E-state index in [1.807, 2.05) is 0 Å². The van der Waals surface area contributed by atoms with Gasteiger partial charge in [-0.05, 0) is 62.2 Å². The third-order valence-corrected chi connectivity index (χ3v) is 7.57. The zero-order valence-electron chi connectivity index (χ0n) is 18.7. The van der Waals surface area contributed by atoms with Gasteiger partial charge in [0.2, 0.25) is 15.9 Å². The van der Waals surface area contributed by atoms with Gasteiger partial charge in [-0.2, -0.15) is 9.40 Å². The van der Waals surface area contributed by atoms with Crippen LogP contribution < -0.4 is 10.6 Å². The first kappa shape index (κ1) is 23.6. The average Bonchev–Trinajstić information content (AvgIpc) is 3.40. The Morgan fingerprint density at radius 1 is 0.971 bits per heavy atom. The number of hydrogen-bond acceptors (Lipinski definition) is 6. The number of anilines is 2. The normalized spacial score (nSPS) is 15.4. The van der Waals surface area contributed by atoms with E-state index in [0.29, 0.717) is 24.5 Å². The van der Waals surface area contributed by atoms with Crippen LogP contribution in [0.5, 0.6) is 0 Å². The monoisotopic (exact) mass is 482 g/mol. The Hall–Kier alpha value is -3.57. The lowest BCUT2D eigenvalue weighted by molar-refractivity contribution is -0.119. The summed E-state index contributed by atoms with van der Waals surface area (Å²) >= 11 is 0. The van der Waals surface area contributed by atoms with Crippen molar-refractivity contribution in [3.8, 4) is 0 Å². The summed E-state index contributed by atoms with van der Waals surface area (Å²) in [4.78, 5) is 29.1. The quantitative estimate of drug-likeness (QED) is 0.533.